The van der Waals surface area contributed by atoms with Gasteiger partial charge in [-0.25, -0.2) is 0 Å². The molecule has 0 fully saturated rings. The summed E-state index contributed by atoms with van der Waals surface area (Å²) in [6.45, 7) is 0.357. The molecule has 1 unspecified atom stereocenters. The number of carbonyl (C=O) groups excluding carboxylic acids is 1. The highest BCUT2D eigenvalue weighted by Gasteiger charge is 2.23. The van der Waals surface area contributed by atoms with E-state index < -0.39 is 0 Å². The molecule has 0 spiro atoms. The summed E-state index contributed by atoms with van der Waals surface area (Å²) >= 11 is 0. The van der Waals surface area contributed by atoms with Crippen LogP contribution in [0.2, 0.25) is 0 Å². The molecule has 0 saturated heterocycles. The van der Waals surface area contributed by atoms with Gasteiger partial charge in [0, 0.05) is 0 Å². The Kier molecular flexibility index (Phi) is 2.44. The number of benzene rings is 1. The molecule has 72 valence electrons. The molecule has 0 aromatic heterocycles. The van der Waals surface area contributed by atoms with Gasteiger partial charge < -0.3 is 9.57 Å². The van der Waals surface area contributed by atoms with Gasteiger partial charge in [-0.15, -0.1) is 0 Å². The average molecular weight is 191 g/mol. The van der Waals surface area contributed by atoms with Gasteiger partial charge in [-0.1, -0.05) is 35.5 Å². The third-order valence-electron chi connectivity index (χ3n) is 2.00. The highest BCUT2D eigenvalue weighted by molar-refractivity contribution is 5.82. The van der Waals surface area contributed by atoms with Crippen molar-refractivity contribution >= 4 is 12.4 Å². The van der Waals surface area contributed by atoms with Crippen molar-refractivity contribution < 1.29 is 14.4 Å². The Morgan fingerprint density at radius 1 is 1.43 bits per heavy atom. The Morgan fingerprint density at radius 3 is 2.93 bits per heavy atom. The zero-order chi connectivity index (χ0) is 9.80. The molecule has 0 bridgehead atoms. The molecule has 0 N–H and O–H groups in total. The fourth-order valence-electron chi connectivity index (χ4n) is 1.33. The number of nitrogens with zero attached hydrogens (tertiary/aromatic N) is 1. The van der Waals surface area contributed by atoms with Gasteiger partial charge in [0.15, 0.2) is 6.10 Å². The van der Waals surface area contributed by atoms with Crippen molar-refractivity contribution in [2.75, 3.05) is 0 Å². The molecule has 0 aliphatic carbocycles. The number of hydrogen-bond donors (Lipinski definition) is 0. The molecule has 4 heteroatoms. The van der Waals surface area contributed by atoms with E-state index in [2.05, 4.69) is 9.89 Å². The van der Waals surface area contributed by atoms with E-state index in [0.717, 1.165) is 5.56 Å². The Balaban J connectivity index is 2.02. The molecule has 1 aliphatic rings. The molecule has 1 heterocycles. The molecule has 1 aromatic carbocycles. The fraction of sp³-hybridized carbons (Fsp3) is 0.200. The van der Waals surface area contributed by atoms with Crippen molar-refractivity contribution in [1.82, 2.24) is 0 Å². The summed E-state index contributed by atoms with van der Waals surface area (Å²) in [5.41, 5.74) is 1.03. The lowest BCUT2D eigenvalue weighted by atomic mass is 10.1. The first-order valence-corrected chi connectivity index (χ1v) is 4.28. The fourth-order valence-corrected chi connectivity index (χ4v) is 1.33. The lowest BCUT2D eigenvalue weighted by molar-refractivity contribution is -0.121. The predicted molar refractivity (Wildman–Crippen MR) is 49.5 cm³/mol. The molecule has 0 radical (unpaired) electrons. The first kappa shape index (κ1) is 8.74. The molecular formula is C10H9NO3. The van der Waals surface area contributed by atoms with Gasteiger partial charge in [0.1, 0.15) is 0 Å². The van der Waals surface area contributed by atoms with Gasteiger partial charge >= 0.3 is 0 Å². The number of rotatable bonds is 2. The van der Waals surface area contributed by atoms with Crippen LogP contribution >= 0.6 is 0 Å². The van der Waals surface area contributed by atoms with Gasteiger partial charge in [-0.2, -0.15) is 0 Å². The van der Waals surface area contributed by atoms with Crippen LogP contribution in [0.25, 0.3) is 0 Å². The highest BCUT2D eigenvalue weighted by Crippen LogP contribution is 2.26. The highest BCUT2D eigenvalue weighted by atomic mass is 16.7. The van der Waals surface area contributed by atoms with E-state index in [-0.39, 0.29) is 6.10 Å². The second-order valence-electron chi connectivity index (χ2n) is 2.91. The topological polar surface area (TPSA) is 47.9 Å². The van der Waals surface area contributed by atoms with E-state index in [1.54, 1.807) is 0 Å². The average Bonchev–Trinajstić information content (AvgIpc) is 2.68. The maximum atomic E-state index is 10.0. The molecule has 1 aliphatic heterocycles. The van der Waals surface area contributed by atoms with Crippen LogP contribution in [0.3, 0.4) is 0 Å². The van der Waals surface area contributed by atoms with Crippen LogP contribution in [0.5, 0.6) is 0 Å². The van der Waals surface area contributed by atoms with E-state index in [9.17, 15) is 4.79 Å². The SMILES string of the molecule is O=COC1=NOC(c2ccccc2)C1. The van der Waals surface area contributed by atoms with E-state index >= 15 is 0 Å². The molecular weight excluding hydrogens is 182 g/mol. The van der Waals surface area contributed by atoms with Crippen LogP contribution in [0.15, 0.2) is 35.5 Å². The third-order valence-corrected chi connectivity index (χ3v) is 2.00. The zero-order valence-corrected chi connectivity index (χ0v) is 7.42. The summed E-state index contributed by atoms with van der Waals surface area (Å²) < 4.78 is 4.60. The summed E-state index contributed by atoms with van der Waals surface area (Å²) in [6, 6.07) is 9.69. The van der Waals surface area contributed by atoms with Crippen LogP contribution < -0.4 is 0 Å². The second kappa shape index (κ2) is 3.91. The van der Waals surface area contributed by atoms with Crippen LogP contribution in [0, 0.1) is 0 Å². The van der Waals surface area contributed by atoms with Gasteiger partial charge in [-0.05, 0) is 5.56 Å². The zero-order valence-electron chi connectivity index (χ0n) is 7.42. The van der Waals surface area contributed by atoms with E-state index in [0.29, 0.717) is 18.8 Å². The number of carbonyl (C=O) groups is 1. The largest absolute Gasteiger partial charge is 0.410 e. The van der Waals surface area contributed by atoms with Crippen LogP contribution in [0.4, 0.5) is 0 Å². The van der Waals surface area contributed by atoms with Gasteiger partial charge in [0.2, 0.25) is 5.90 Å². The maximum Gasteiger partial charge on any atom is 0.299 e. The first-order valence-electron chi connectivity index (χ1n) is 4.28. The summed E-state index contributed by atoms with van der Waals surface area (Å²) in [6.07, 6.45) is 0.370. The van der Waals surface area contributed by atoms with Crippen molar-refractivity contribution in [3.8, 4) is 0 Å². The molecule has 0 amide bonds. The van der Waals surface area contributed by atoms with Gasteiger partial charge in [-0.3, -0.25) is 4.79 Å². The van der Waals surface area contributed by atoms with Crippen molar-refractivity contribution in [3.05, 3.63) is 35.9 Å². The smallest absolute Gasteiger partial charge is 0.299 e. The summed E-state index contributed by atoms with van der Waals surface area (Å²) in [5, 5.41) is 3.65. The van der Waals surface area contributed by atoms with Gasteiger partial charge in [0.25, 0.3) is 6.47 Å². The Hall–Kier alpha value is -1.84. The summed E-state index contributed by atoms with van der Waals surface area (Å²) in [5.74, 6) is 0.328. The lowest BCUT2D eigenvalue weighted by Crippen LogP contribution is -2.02. The Labute approximate surface area is 81.1 Å². The molecule has 1 aromatic rings. The van der Waals surface area contributed by atoms with Crippen molar-refractivity contribution in [1.29, 1.82) is 0 Å². The minimum Gasteiger partial charge on any atom is -0.410 e. The molecule has 0 saturated carbocycles. The Morgan fingerprint density at radius 2 is 2.21 bits per heavy atom. The lowest BCUT2D eigenvalue weighted by Gasteiger charge is -2.06. The van der Waals surface area contributed by atoms with Crippen LogP contribution in [-0.2, 0) is 14.4 Å². The third kappa shape index (κ3) is 1.74. The molecule has 2 rings (SSSR count). The van der Waals surface area contributed by atoms with E-state index in [4.69, 9.17) is 4.84 Å². The van der Waals surface area contributed by atoms with E-state index in [1.165, 1.54) is 0 Å². The molecule has 1 atom stereocenters. The molecule has 14 heavy (non-hydrogen) atoms. The number of oxime groups is 1. The van der Waals surface area contributed by atoms with Crippen molar-refractivity contribution in [2.24, 2.45) is 5.16 Å². The van der Waals surface area contributed by atoms with Crippen molar-refractivity contribution in [3.63, 3.8) is 0 Å². The standard InChI is InChI=1S/C10H9NO3/c12-7-13-10-6-9(14-11-10)8-4-2-1-3-5-8/h1-5,7,9H,6H2. The quantitative estimate of drug-likeness (QED) is 0.667. The summed E-state index contributed by atoms with van der Waals surface area (Å²) in [7, 11) is 0. The van der Waals surface area contributed by atoms with Crippen LogP contribution in [-0.4, -0.2) is 12.4 Å². The predicted octanol–water partition coefficient (Wildman–Crippen LogP) is 1.63. The monoisotopic (exact) mass is 191 g/mol. The van der Waals surface area contributed by atoms with Crippen molar-refractivity contribution in [2.45, 2.75) is 12.5 Å². The second-order valence-corrected chi connectivity index (χ2v) is 2.91. The van der Waals surface area contributed by atoms with Gasteiger partial charge in [0.05, 0.1) is 6.42 Å². The molecule has 4 nitrogen and oxygen atoms in total. The van der Waals surface area contributed by atoms with Crippen LogP contribution in [0.1, 0.15) is 18.1 Å². The summed E-state index contributed by atoms with van der Waals surface area (Å²) in [4.78, 5) is 15.2. The Bertz CT molecular complexity index is 348. The first-order chi connectivity index (χ1) is 6.90. The number of hydrogen-bond acceptors (Lipinski definition) is 4. The number of ether oxygens (including phenoxy) is 1. The maximum absolute atomic E-state index is 10.0. The normalized spacial score (nSPS) is 19.7. The minimum absolute atomic E-state index is 0.133. The minimum atomic E-state index is -0.133. The van der Waals surface area contributed by atoms with E-state index in [1.807, 2.05) is 30.3 Å².